The van der Waals surface area contributed by atoms with Gasteiger partial charge in [-0.05, 0) is 25.9 Å². The summed E-state index contributed by atoms with van der Waals surface area (Å²) in [6, 6.07) is 3.38. The molecule has 0 unspecified atom stereocenters. The van der Waals surface area contributed by atoms with Gasteiger partial charge in [0.15, 0.2) is 34.7 Å². The zero-order valence-corrected chi connectivity index (χ0v) is 17.8. The van der Waals surface area contributed by atoms with E-state index in [4.69, 9.17) is 14.2 Å². The Balaban J connectivity index is 1.39. The lowest BCUT2D eigenvalue weighted by Gasteiger charge is -2.22. The first kappa shape index (κ1) is 21.8. The van der Waals surface area contributed by atoms with Crippen molar-refractivity contribution in [1.29, 1.82) is 0 Å². The molecule has 1 aliphatic rings. The molecule has 2 N–H and O–H groups in total. The Morgan fingerprint density at radius 2 is 1.75 bits per heavy atom. The SMILES string of the molecule is COc1cc(OC)c(F)c(COc2cnc(Nc3ccn(C4CCNCC4)n3)nc2)c1F. The maximum atomic E-state index is 14.4. The first-order valence-electron chi connectivity index (χ1n) is 10.2. The molecule has 2 aromatic heterocycles. The summed E-state index contributed by atoms with van der Waals surface area (Å²) >= 11 is 0. The van der Waals surface area contributed by atoms with Gasteiger partial charge >= 0.3 is 0 Å². The van der Waals surface area contributed by atoms with Crippen LogP contribution in [0.15, 0.2) is 30.7 Å². The van der Waals surface area contributed by atoms with E-state index in [0.29, 0.717) is 17.8 Å². The summed E-state index contributed by atoms with van der Waals surface area (Å²) in [5.41, 5.74) is -0.313. The van der Waals surface area contributed by atoms with Crippen LogP contribution in [0.1, 0.15) is 24.4 Å². The number of hydrogen-bond donors (Lipinski definition) is 2. The standard InChI is InChI=1S/C21H24F2N6O3/c1-30-16-9-17(31-2)20(23)15(19(16)22)12-32-14-10-25-21(26-11-14)27-18-5-8-29(28-18)13-3-6-24-7-4-13/h5,8-11,13,24H,3-4,6-7,12H2,1-2H3,(H,25,26,27,28). The number of rotatable bonds is 8. The number of anilines is 2. The maximum absolute atomic E-state index is 14.4. The van der Waals surface area contributed by atoms with Crippen molar-refractivity contribution in [3.63, 3.8) is 0 Å². The Morgan fingerprint density at radius 1 is 1.09 bits per heavy atom. The average Bonchev–Trinajstić information content (AvgIpc) is 3.29. The molecule has 0 bridgehead atoms. The smallest absolute Gasteiger partial charge is 0.228 e. The third kappa shape index (κ3) is 4.72. The molecular weight excluding hydrogens is 422 g/mol. The molecule has 0 saturated carbocycles. The van der Waals surface area contributed by atoms with E-state index in [0.717, 1.165) is 32.0 Å². The number of methoxy groups -OCH3 is 2. The van der Waals surface area contributed by atoms with Gasteiger partial charge in [0.1, 0.15) is 6.61 Å². The summed E-state index contributed by atoms with van der Waals surface area (Å²) < 4.78 is 46.2. The van der Waals surface area contributed by atoms with Gasteiger partial charge in [0.05, 0.1) is 38.2 Å². The van der Waals surface area contributed by atoms with Crippen LogP contribution < -0.4 is 24.8 Å². The molecule has 32 heavy (non-hydrogen) atoms. The van der Waals surface area contributed by atoms with Crippen molar-refractivity contribution < 1.29 is 23.0 Å². The molecule has 170 valence electrons. The normalized spacial score (nSPS) is 14.2. The largest absolute Gasteiger partial charge is 0.494 e. The molecule has 11 heteroatoms. The van der Waals surface area contributed by atoms with E-state index in [1.165, 1.54) is 26.6 Å². The summed E-state index contributed by atoms with van der Waals surface area (Å²) in [5, 5.41) is 10.9. The second-order valence-corrected chi connectivity index (χ2v) is 7.21. The summed E-state index contributed by atoms with van der Waals surface area (Å²) in [6.45, 7) is 1.57. The van der Waals surface area contributed by atoms with Gasteiger partial charge in [0.25, 0.3) is 0 Å². The Labute approximate surface area is 183 Å². The Bertz CT molecular complexity index is 1030. The Kier molecular flexibility index (Phi) is 6.64. The number of halogens is 2. The van der Waals surface area contributed by atoms with Crippen LogP contribution in [0.2, 0.25) is 0 Å². The number of aromatic nitrogens is 4. The van der Waals surface area contributed by atoms with E-state index in [1.807, 2.05) is 16.9 Å². The highest BCUT2D eigenvalue weighted by atomic mass is 19.1. The van der Waals surface area contributed by atoms with Crippen LogP contribution in [-0.4, -0.2) is 47.1 Å². The number of ether oxygens (including phenoxy) is 3. The van der Waals surface area contributed by atoms with E-state index in [-0.39, 0.29) is 29.4 Å². The predicted molar refractivity (Wildman–Crippen MR) is 112 cm³/mol. The van der Waals surface area contributed by atoms with Crippen LogP contribution in [-0.2, 0) is 6.61 Å². The van der Waals surface area contributed by atoms with Gasteiger partial charge in [-0.15, -0.1) is 0 Å². The molecule has 0 amide bonds. The van der Waals surface area contributed by atoms with Crippen molar-refractivity contribution in [1.82, 2.24) is 25.1 Å². The molecule has 9 nitrogen and oxygen atoms in total. The molecule has 3 heterocycles. The molecule has 1 fully saturated rings. The Morgan fingerprint density at radius 3 is 2.38 bits per heavy atom. The molecule has 1 aliphatic heterocycles. The molecule has 0 spiro atoms. The summed E-state index contributed by atoms with van der Waals surface area (Å²) in [7, 11) is 2.57. The van der Waals surface area contributed by atoms with Gasteiger partial charge in [-0.3, -0.25) is 4.68 Å². The fourth-order valence-corrected chi connectivity index (χ4v) is 3.47. The molecule has 0 atom stereocenters. The van der Waals surface area contributed by atoms with E-state index >= 15 is 0 Å². The van der Waals surface area contributed by atoms with Crippen LogP contribution in [0.25, 0.3) is 0 Å². The fourth-order valence-electron chi connectivity index (χ4n) is 3.47. The number of hydrogen-bond acceptors (Lipinski definition) is 8. The monoisotopic (exact) mass is 446 g/mol. The molecule has 0 radical (unpaired) electrons. The zero-order valence-electron chi connectivity index (χ0n) is 17.8. The zero-order chi connectivity index (χ0) is 22.5. The van der Waals surface area contributed by atoms with Crippen LogP contribution in [0.5, 0.6) is 17.2 Å². The van der Waals surface area contributed by atoms with Crippen molar-refractivity contribution in [3.8, 4) is 17.2 Å². The highest BCUT2D eigenvalue weighted by molar-refractivity contribution is 5.46. The van der Waals surface area contributed by atoms with Gasteiger partial charge in [-0.25, -0.2) is 18.7 Å². The number of benzene rings is 1. The molecule has 1 aromatic carbocycles. The van der Waals surface area contributed by atoms with Crippen molar-refractivity contribution in [2.45, 2.75) is 25.5 Å². The van der Waals surface area contributed by atoms with E-state index in [2.05, 4.69) is 25.7 Å². The molecule has 0 aliphatic carbocycles. The summed E-state index contributed by atoms with van der Waals surface area (Å²) in [6.07, 6.45) is 6.81. The number of nitrogens with zero attached hydrogens (tertiary/aromatic N) is 4. The van der Waals surface area contributed by atoms with Crippen LogP contribution >= 0.6 is 0 Å². The van der Waals surface area contributed by atoms with Gasteiger partial charge in [0.2, 0.25) is 5.95 Å². The summed E-state index contributed by atoms with van der Waals surface area (Å²) in [4.78, 5) is 8.35. The molecule has 3 aromatic rings. The minimum atomic E-state index is -0.852. The lowest BCUT2D eigenvalue weighted by Crippen LogP contribution is -2.29. The average molecular weight is 446 g/mol. The summed E-state index contributed by atoms with van der Waals surface area (Å²) in [5.74, 6) is -0.777. The van der Waals surface area contributed by atoms with Gasteiger partial charge in [-0.1, -0.05) is 0 Å². The maximum Gasteiger partial charge on any atom is 0.228 e. The Hall–Kier alpha value is -3.47. The van der Waals surface area contributed by atoms with Gasteiger partial charge < -0.3 is 24.8 Å². The van der Waals surface area contributed by atoms with E-state index < -0.39 is 11.6 Å². The third-order valence-corrected chi connectivity index (χ3v) is 5.21. The number of nitrogens with one attached hydrogen (secondary N) is 2. The fraction of sp³-hybridized carbons (Fsp3) is 0.381. The quantitative estimate of drug-likeness (QED) is 0.545. The molecule has 4 rings (SSSR count). The van der Waals surface area contributed by atoms with E-state index in [1.54, 1.807) is 0 Å². The van der Waals surface area contributed by atoms with E-state index in [9.17, 15) is 8.78 Å². The third-order valence-electron chi connectivity index (χ3n) is 5.21. The topological polar surface area (TPSA) is 95.3 Å². The van der Waals surface area contributed by atoms with Crippen LogP contribution in [0.3, 0.4) is 0 Å². The van der Waals surface area contributed by atoms with Gasteiger partial charge in [-0.2, -0.15) is 5.10 Å². The first-order valence-corrected chi connectivity index (χ1v) is 10.2. The second kappa shape index (κ2) is 9.77. The van der Waals surface area contributed by atoms with Crippen LogP contribution in [0.4, 0.5) is 20.5 Å². The van der Waals surface area contributed by atoms with Crippen molar-refractivity contribution in [3.05, 3.63) is 47.9 Å². The highest BCUT2D eigenvalue weighted by Crippen LogP contribution is 2.32. The minimum Gasteiger partial charge on any atom is -0.494 e. The molecule has 1 saturated heterocycles. The minimum absolute atomic E-state index is 0.137. The van der Waals surface area contributed by atoms with Crippen molar-refractivity contribution in [2.24, 2.45) is 0 Å². The van der Waals surface area contributed by atoms with Crippen molar-refractivity contribution in [2.75, 3.05) is 32.6 Å². The second-order valence-electron chi connectivity index (χ2n) is 7.21. The lowest BCUT2D eigenvalue weighted by atomic mass is 10.1. The highest BCUT2D eigenvalue weighted by Gasteiger charge is 2.21. The number of piperidine rings is 1. The first-order chi connectivity index (χ1) is 15.6. The van der Waals surface area contributed by atoms with Crippen molar-refractivity contribution >= 4 is 11.8 Å². The van der Waals surface area contributed by atoms with Gasteiger partial charge in [0, 0.05) is 18.3 Å². The molecular formula is C21H24F2N6O3. The van der Waals surface area contributed by atoms with Crippen LogP contribution in [0, 0.1) is 11.6 Å². The predicted octanol–water partition coefficient (Wildman–Crippen LogP) is 3.22. The lowest BCUT2D eigenvalue weighted by molar-refractivity contribution is 0.280.